The molecule has 0 radical (unpaired) electrons. The molecule has 3 heteroatoms. The third kappa shape index (κ3) is 3.96. The highest BCUT2D eigenvalue weighted by atomic mass is 32.2. The van der Waals surface area contributed by atoms with Gasteiger partial charge < -0.3 is 5.32 Å². The zero-order valence-electron chi connectivity index (χ0n) is 11.9. The normalized spacial score (nSPS) is 20.2. The highest BCUT2D eigenvalue weighted by Gasteiger charge is 2.31. The predicted octanol–water partition coefficient (Wildman–Crippen LogP) is 4.54. The van der Waals surface area contributed by atoms with Crippen LogP contribution in [0.5, 0.6) is 0 Å². The van der Waals surface area contributed by atoms with E-state index in [1.807, 2.05) is 17.8 Å². The number of hydrogen-bond donors (Lipinski definition) is 1. The van der Waals surface area contributed by atoms with Gasteiger partial charge >= 0.3 is 0 Å². The lowest BCUT2D eigenvalue weighted by Crippen LogP contribution is -2.40. The summed E-state index contributed by atoms with van der Waals surface area (Å²) < 4.78 is 13.6. The molecule has 106 valence electrons. The molecule has 0 aliphatic heterocycles. The molecule has 19 heavy (non-hydrogen) atoms. The summed E-state index contributed by atoms with van der Waals surface area (Å²) in [4.78, 5) is 0. The summed E-state index contributed by atoms with van der Waals surface area (Å²) in [5.41, 5.74) is 1.03. The van der Waals surface area contributed by atoms with Crippen LogP contribution in [0.1, 0.15) is 50.6 Å². The minimum Gasteiger partial charge on any atom is -0.309 e. The smallest absolute Gasteiger partial charge is 0.123 e. The van der Waals surface area contributed by atoms with Crippen LogP contribution in [0.25, 0.3) is 0 Å². The molecule has 0 saturated heterocycles. The van der Waals surface area contributed by atoms with Gasteiger partial charge in [-0.1, -0.05) is 31.4 Å². The van der Waals surface area contributed by atoms with Crippen molar-refractivity contribution in [2.75, 3.05) is 12.8 Å². The van der Waals surface area contributed by atoms with Gasteiger partial charge in [0.05, 0.1) is 0 Å². The molecule has 1 aromatic rings. The van der Waals surface area contributed by atoms with Crippen molar-refractivity contribution in [3.63, 3.8) is 0 Å². The fourth-order valence-corrected chi connectivity index (χ4v) is 3.81. The average Bonchev–Trinajstić information content (AvgIpc) is 2.46. The molecule has 2 rings (SSSR count). The first-order chi connectivity index (χ1) is 9.15. The summed E-state index contributed by atoms with van der Waals surface area (Å²) in [6, 6.07) is 7.12. The monoisotopic (exact) mass is 281 g/mol. The van der Waals surface area contributed by atoms with Crippen molar-refractivity contribution in [3.05, 3.63) is 35.6 Å². The Labute approximate surface area is 120 Å². The maximum absolute atomic E-state index is 13.2. The minimum absolute atomic E-state index is 0.150. The van der Waals surface area contributed by atoms with Gasteiger partial charge in [-0.05, 0) is 43.7 Å². The third-order valence-electron chi connectivity index (χ3n) is 4.28. The SMILES string of the molecule is CSC1(CNC(C)c2cccc(F)c2)CCCCC1. The molecule has 0 amide bonds. The van der Waals surface area contributed by atoms with E-state index in [2.05, 4.69) is 18.5 Å². The van der Waals surface area contributed by atoms with Crippen LogP contribution >= 0.6 is 11.8 Å². The number of nitrogens with one attached hydrogen (secondary N) is 1. The van der Waals surface area contributed by atoms with Crippen molar-refractivity contribution in [2.24, 2.45) is 0 Å². The van der Waals surface area contributed by atoms with Crippen molar-refractivity contribution in [2.45, 2.75) is 49.8 Å². The Kier molecular flexibility index (Phi) is 5.28. The maximum Gasteiger partial charge on any atom is 0.123 e. The van der Waals surface area contributed by atoms with Gasteiger partial charge in [0.1, 0.15) is 5.82 Å². The molecule has 1 N–H and O–H groups in total. The van der Waals surface area contributed by atoms with E-state index in [0.29, 0.717) is 4.75 Å². The second-order valence-corrected chi connectivity index (χ2v) is 6.88. The molecule has 1 unspecified atom stereocenters. The first-order valence-electron chi connectivity index (χ1n) is 7.19. The average molecular weight is 281 g/mol. The van der Waals surface area contributed by atoms with Crippen molar-refractivity contribution < 1.29 is 4.39 Å². The van der Waals surface area contributed by atoms with E-state index in [0.717, 1.165) is 12.1 Å². The van der Waals surface area contributed by atoms with Gasteiger partial charge in [-0.2, -0.15) is 11.8 Å². The van der Waals surface area contributed by atoms with Crippen LogP contribution in [0, 0.1) is 5.82 Å². The highest BCUT2D eigenvalue weighted by Crippen LogP contribution is 2.38. The number of thioether (sulfide) groups is 1. The molecule has 1 fully saturated rings. The second-order valence-electron chi connectivity index (χ2n) is 5.61. The van der Waals surface area contributed by atoms with E-state index in [-0.39, 0.29) is 11.9 Å². The van der Waals surface area contributed by atoms with Gasteiger partial charge in [0.2, 0.25) is 0 Å². The second kappa shape index (κ2) is 6.76. The van der Waals surface area contributed by atoms with Crippen LogP contribution in [0.2, 0.25) is 0 Å². The van der Waals surface area contributed by atoms with E-state index in [1.165, 1.54) is 38.2 Å². The Bertz CT molecular complexity index is 401. The molecule has 1 aliphatic rings. The summed E-state index contributed by atoms with van der Waals surface area (Å²) in [5, 5.41) is 3.60. The summed E-state index contributed by atoms with van der Waals surface area (Å²) in [5.74, 6) is -0.150. The molecule has 1 aromatic carbocycles. The van der Waals surface area contributed by atoms with E-state index in [4.69, 9.17) is 0 Å². The van der Waals surface area contributed by atoms with Crippen LogP contribution in [-0.2, 0) is 0 Å². The van der Waals surface area contributed by atoms with Gasteiger partial charge in [-0.25, -0.2) is 4.39 Å². The van der Waals surface area contributed by atoms with Gasteiger partial charge in [-0.15, -0.1) is 0 Å². The minimum atomic E-state index is -0.150. The maximum atomic E-state index is 13.2. The van der Waals surface area contributed by atoms with E-state index >= 15 is 0 Å². The largest absolute Gasteiger partial charge is 0.309 e. The Morgan fingerprint density at radius 3 is 2.68 bits per heavy atom. The fraction of sp³-hybridized carbons (Fsp3) is 0.625. The quantitative estimate of drug-likeness (QED) is 0.850. The van der Waals surface area contributed by atoms with Crippen LogP contribution in [0.4, 0.5) is 4.39 Å². The number of hydrogen-bond acceptors (Lipinski definition) is 2. The van der Waals surface area contributed by atoms with Gasteiger partial charge in [0.25, 0.3) is 0 Å². The van der Waals surface area contributed by atoms with Crippen LogP contribution < -0.4 is 5.32 Å². The highest BCUT2D eigenvalue weighted by molar-refractivity contribution is 8.00. The molecule has 0 heterocycles. The molecule has 1 aliphatic carbocycles. The molecular weight excluding hydrogens is 257 g/mol. The zero-order chi connectivity index (χ0) is 13.7. The van der Waals surface area contributed by atoms with Crippen LogP contribution in [-0.4, -0.2) is 17.5 Å². The van der Waals surface area contributed by atoms with E-state index in [1.54, 1.807) is 12.1 Å². The fourth-order valence-electron chi connectivity index (χ4n) is 2.88. The van der Waals surface area contributed by atoms with Crippen molar-refractivity contribution in [1.82, 2.24) is 5.32 Å². The van der Waals surface area contributed by atoms with Gasteiger partial charge in [-0.3, -0.25) is 0 Å². The summed E-state index contributed by atoms with van der Waals surface area (Å²) in [7, 11) is 0. The summed E-state index contributed by atoms with van der Waals surface area (Å²) >= 11 is 2.00. The Balaban J connectivity index is 1.93. The number of halogens is 1. The first-order valence-corrected chi connectivity index (χ1v) is 8.42. The zero-order valence-corrected chi connectivity index (χ0v) is 12.7. The predicted molar refractivity (Wildman–Crippen MR) is 82.1 cm³/mol. The van der Waals surface area contributed by atoms with Gasteiger partial charge in [0, 0.05) is 17.3 Å². The molecular formula is C16H24FNS. The standard InChI is InChI=1S/C16H24FNS/c1-13(14-7-6-8-15(17)11-14)18-12-16(19-2)9-4-3-5-10-16/h6-8,11,13,18H,3-5,9-10,12H2,1-2H3. The number of benzene rings is 1. The molecule has 0 bridgehead atoms. The van der Waals surface area contributed by atoms with Crippen molar-refractivity contribution in [1.29, 1.82) is 0 Å². The van der Waals surface area contributed by atoms with Crippen LogP contribution in [0.3, 0.4) is 0 Å². The topological polar surface area (TPSA) is 12.0 Å². The molecule has 0 spiro atoms. The summed E-state index contributed by atoms with van der Waals surface area (Å²) in [6.45, 7) is 3.14. The lowest BCUT2D eigenvalue weighted by atomic mass is 9.88. The Morgan fingerprint density at radius 1 is 1.32 bits per heavy atom. The van der Waals surface area contributed by atoms with Crippen LogP contribution in [0.15, 0.2) is 24.3 Å². The van der Waals surface area contributed by atoms with E-state index in [9.17, 15) is 4.39 Å². The number of rotatable bonds is 5. The molecule has 1 atom stereocenters. The molecule has 0 aromatic heterocycles. The van der Waals surface area contributed by atoms with Crippen molar-refractivity contribution >= 4 is 11.8 Å². The Morgan fingerprint density at radius 2 is 2.05 bits per heavy atom. The lowest BCUT2D eigenvalue weighted by Gasteiger charge is -2.37. The first kappa shape index (κ1) is 14.9. The summed E-state index contributed by atoms with van der Waals surface area (Å²) in [6.07, 6.45) is 8.89. The van der Waals surface area contributed by atoms with E-state index < -0.39 is 0 Å². The van der Waals surface area contributed by atoms with Crippen molar-refractivity contribution in [3.8, 4) is 0 Å². The lowest BCUT2D eigenvalue weighted by molar-refractivity contribution is 0.367. The Hall–Kier alpha value is -0.540. The third-order valence-corrected chi connectivity index (χ3v) is 5.70. The molecule has 1 saturated carbocycles. The molecule has 1 nitrogen and oxygen atoms in total. The van der Waals surface area contributed by atoms with Gasteiger partial charge in [0.15, 0.2) is 0 Å².